The van der Waals surface area contributed by atoms with Crippen molar-refractivity contribution in [1.82, 2.24) is 10.2 Å². The van der Waals surface area contributed by atoms with Crippen LogP contribution in [0.4, 0.5) is 0 Å². The minimum absolute atomic E-state index is 0.0644. The number of benzene rings is 2. The van der Waals surface area contributed by atoms with Crippen LogP contribution in [0.5, 0.6) is 11.5 Å². The van der Waals surface area contributed by atoms with E-state index in [1.165, 1.54) is 0 Å². The number of hydrogen-bond acceptors (Lipinski definition) is 4. The van der Waals surface area contributed by atoms with Crippen LogP contribution in [0.3, 0.4) is 0 Å². The molecular weight excluding hydrogens is 304 g/mol. The summed E-state index contributed by atoms with van der Waals surface area (Å²) in [5.74, 6) is 1.24. The first-order chi connectivity index (χ1) is 11.6. The standard InChI is InChI=1S/C19H24N2O3/c1-21(2)17(14-9-11-15(23-3)12-10-14)13-20-19(22)16-7-5-6-8-18(16)24-4/h5-12,17H,13H2,1-4H3,(H,20,22). The molecule has 0 saturated carbocycles. The van der Waals surface area contributed by atoms with Crippen LogP contribution in [0.1, 0.15) is 22.0 Å². The Bertz CT molecular complexity index is 669. The highest BCUT2D eigenvalue weighted by Crippen LogP contribution is 2.21. The van der Waals surface area contributed by atoms with Gasteiger partial charge in [0.2, 0.25) is 0 Å². The number of carbonyl (C=O) groups excluding carboxylic acids is 1. The Hall–Kier alpha value is -2.53. The normalized spacial score (nSPS) is 11.9. The molecule has 0 radical (unpaired) electrons. The minimum atomic E-state index is -0.146. The maximum Gasteiger partial charge on any atom is 0.255 e. The summed E-state index contributed by atoms with van der Waals surface area (Å²) in [6, 6.07) is 15.1. The lowest BCUT2D eigenvalue weighted by atomic mass is 10.1. The second-order valence-electron chi connectivity index (χ2n) is 5.66. The predicted octanol–water partition coefficient (Wildman–Crippen LogP) is 2.74. The second kappa shape index (κ2) is 8.36. The van der Waals surface area contributed by atoms with Crippen molar-refractivity contribution in [1.29, 1.82) is 0 Å². The molecule has 5 heteroatoms. The third-order valence-corrected chi connectivity index (χ3v) is 3.93. The molecule has 0 heterocycles. The number of nitrogens with one attached hydrogen (secondary N) is 1. The summed E-state index contributed by atoms with van der Waals surface area (Å²) in [5, 5.41) is 2.99. The molecule has 2 aromatic carbocycles. The van der Waals surface area contributed by atoms with Crippen molar-refractivity contribution < 1.29 is 14.3 Å². The first-order valence-corrected chi connectivity index (χ1v) is 7.78. The van der Waals surface area contributed by atoms with E-state index in [0.717, 1.165) is 11.3 Å². The van der Waals surface area contributed by atoms with E-state index in [0.29, 0.717) is 17.9 Å². The van der Waals surface area contributed by atoms with Gasteiger partial charge in [-0.15, -0.1) is 0 Å². The fraction of sp³-hybridized carbons (Fsp3) is 0.316. The maximum absolute atomic E-state index is 12.5. The Morgan fingerprint density at radius 1 is 1.04 bits per heavy atom. The average molecular weight is 328 g/mol. The third-order valence-electron chi connectivity index (χ3n) is 3.93. The van der Waals surface area contributed by atoms with E-state index in [9.17, 15) is 4.79 Å². The smallest absolute Gasteiger partial charge is 0.255 e. The van der Waals surface area contributed by atoms with Crippen molar-refractivity contribution in [2.75, 3.05) is 34.9 Å². The van der Waals surface area contributed by atoms with Crippen LogP contribution in [0, 0.1) is 0 Å². The Labute approximate surface area is 143 Å². The fourth-order valence-electron chi connectivity index (χ4n) is 2.54. The zero-order valence-electron chi connectivity index (χ0n) is 14.6. The number of hydrogen-bond donors (Lipinski definition) is 1. The lowest BCUT2D eigenvalue weighted by Gasteiger charge is -2.25. The topological polar surface area (TPSA) is 50.8 Å². The SMILES string of the molecule is COc1ccc(C(CNC(=O)c2ccccc2OC)N(C)C)cc1. The second-order valence-corrected chi connectivity index (χ2v) is 5.66. The van der Waals surface area contributed by atoms with Crippen LogP contribution >= 0.6 is 0 Å². The molecule has 24 heavy (non-hydrogen) atoms. The average Bonchev–Trinajstić information content (AvgIpc) is 2.61. The van der Waals surface area contributed by atoms with Gasteiger partial charge in [0, 0.05) is 6.54 Å². The van der Waals surface area contributed by atoms with Crippen LogP contribution in [0.2, 0.25) is 0 Å². The van der Waals surface area contributed by atoms with Gasteiger partial charge in [-0.25, -0.2) is 0 Å². The van der Waals surface area contributed by atoms with Gasteiger partial charge >= 0.3 is 0 Å². The zero-order valence-corrected chi connectivity index (χ0v) is 14.6. The third kappa shape index (κ3) is 4.26. The highest BCUT2D eigenvalue weighted by atomic mass is 16.5. The van der Waals surface area contributed by atoms with Crippen LogP contribution in [0.25, 0.3) is 0 Å². The Balaban J connectivity index is 2.09. The summed E-state index contributed by atoms with van der Waals surface area (Å²) >= 11 is 0. The van der Waals surface area contributed by atoms with Crippen molar-refractivity contribution in [2.45, 2.75) is 6.04 Å². The van der Waals surface area contributed by atoms with Gasteiger partial charge in [0.25, 0.3) is 5.91 Å². The maximum atomic E-state index is 12.5. The Kier molecular flexibility index (Phi) is 6.21. The molecule has 1 atom stereocenters. The summed E-state index contributed by atoms with van der Waals surface area (Å²) in [4.78, 5) is 14.5. The summed E-state index contributed by atoms with van der Waals surface area (Å²) in [6.07, 6.45) is 0. The number of ether oxygens (including phenoxy) is 2. The number of methoxy groups -OCH3 is 2. The molecule has 0 spiro atoms. The van der Waals surface area contributed by atoms with Gasteiger partial charge in [-0.05, 0) is 43.9 Å². The summed E-state index contributed by atoms with van der Waals surface area (Å²) in [7, 11) is 7.19. The molecule has 0 aliphatic rings. The van der Waals surface area contributed by atoms with Gasteiger partial charge in [0.15, 0.2) is 0 Å². The highest BCUT2D eigenvalue weighted by molar-refractivity contribution is 5.96. The Morgan fingerprint density at radius 2 is 1.71 bits per heavy atom. The molecular formula is C19H24N2O3. The van der Waals surface area contributed by atoms with Crippen molar-refractivity contribution in [3.05, 3.63) is 59.7 Å². The number of carbonyl (C=O) groups is 1. The van der Waals surface area contributed by atoms with Gasteiger partial charge < -0.3 is 19.7 Å². The van der Waals surface area contributed by atoms with E-state index in [1.807, 2.05) is 50.5 Å². The van der Waals surface area contributed by atoms with Gasteiger partial charge in [-0.3, -0.25) is 4.79 Å². The minimum Gasteiger partial charge on any atom is -0.497 e. The zero-order chi connectivity index (χ0) is 17.5. The van der Waals surface area contributed by atoms with E-state index in [2.05, 4.69) is 10.2 Å². The number of para-hydroxylation sites is 1. The van der Waals surface area contributed by atoms with Crippen molar-refractivity contribution >= 4 is 5.91 Å². The molecule has 128 valence electrons. The summed E-state index contributed by atoms with van der Waals surface area (Å²) < 4.78 is 10.4. The lowest BCUT2D eigenvalue weighted by molar-refractivity contribution is 0.0939. The molecule has 0 aliphatic heterocycles. The molecule has 1 unspecified atom stereocenters. The number of rotatable bonds is 7. The number of likely N-dealkylation sites (N-methyl/N-ethyl adjacent to an activating group) is 1. The largest absolute Gasteiger partial charge is 0.497 e. The van der Waals surface area contributed by atoms with Gasteiger partial charge in [0.1, 0.15) is 11.5 Å². The van der Waals surface area contributed by atoms with E-state index >= 15 is 0 Å². The molecule has 0 bridgehead atoms. The molecule has 5 nitrogen and oxygen atoms in total. The molecule has 1 amide bonds. The number of amides is 1. The molecule has 1 N–H and O–H groups in total. The van der Waals surface area contributed by atoms with Crippen molar-refractivity contribution in [3.63, 3.8) is 0 Å². The molecule has 0 aliphatic carbocycles. The summed E-state index contributed by atoms with van der Waals surface area (Å²) in [6.45, 7) is 0.496. The van der Waals surface area contributed by atoms with Gasteiger partial charge in [0.05, 0.1) is 25.8 Å². The molecule has 0 aromatic heterocycles. The monoisotopic (exact) mass is 328 g/mol. The van der Waals surface area contributed by atoms with Crippen molar-refractivity contribution in [3.8, 4) is 11.5 Å². The highest BCUT2D eigenvalue weighted by Gasteiger charge is 2.17. The molecule has 2 aromatic rings. The molecule has 2 rings (SSSR count). The lowest BCUT2D eigenvalue weighted by Crippen LogP contribution is -2.34. The van der Waals surface area contributed by atoms with Crippen LogP contribution in [-0.2, 0) is 0 Å². The summed E-state index contributed by atoms with van der Waals surface area (Å²) in [5.41, 5.74) is 1.65. The predicted molar refractivity (Wildman–Crippen MR) is 94.7 cm³/mol. The van der Waals surface area contributed by atoms with Crippen molar-refractivity contribution in [2.24, 2.45) is 0 Å². The first-order valence-electron chi connectivity index (χ1n) is 7.78. The van der Waals surface area contributed by atoms with E-state index in [4.69, 9.17) is 9.47 Å². The first kappa shape index (κ1) is 17.8. The van der Waals surface area contributed by atoms with E-state index in [-0.39, 0.29) is 11.9 Å². The Morgan fingerprint density at radius 3 is 2.29 bits per heavy atom. The fourth-order valence-corrected chi connectivity index (χ4v) is 2.54. The van der Waals surface area contributed by atoms with Crippen LogP contribution in [0.15, 0.2) is 48.5 Å². The molecule has 0 saturated heterocycles. The van der Waals surface area contributed by atoms with Gasteiger partial charge in [-0.1, -0.05) is 24.3 Å². The number of nitrogens with zero attached hydrogens (tertiary/aromatic N) is 1. The van der Waals surface area contributed by atoms with Gasteiger partial charge in [-0.2, -0.15) is 0 Å². The van der Waals surface area contributed by atoms with E-state index in [1.54, 1.807) is 26.4 Å². The van der Waals surface area contributed by atoms with Crippen LogP contribution in [-0.4, -0.2) is 45.7 Å². The quantitative estimate of drug-likeness (QED) is 0.849. The van der Waals surface area contributed by atoms with E-state index < -0.39 is 0 Å². The van der Waals surface area contributed by atoms with Crippen LogP contribution < -0.4 is 14.8 Å². The molecule has 0 fully saturated rings.